The summed E-state index contributed by atoms with van der Waals surface area (Å²) >= 11 is 0. The second-order valence-corrected chi connectivity index (χ2v) is 12.0. The summed E-state index contributed by atoms with van der Waals surface area (Å²) in [4.78, 5) is 0. The molecule has 0 aliphatic heterocycles. The molecule has 8 unspecified atom stereocenters. The van der Waals surface area contributed by atoms with Gasteiger partial charge in [-0.3, -0.25) is 0 Å². The summed E-state index contributed by atoms with van der Waals surface area (Å²) in [6, 6.07) is 0. The quantitative estimate of drug-likeness (QED) is 0.527. The maximum Gasteiger partial charge on any atom is 0.0991 e. The molecular weight excluding hydrogens is 372 g/mol. The molecule has 3 fully saturated rings. The minimum atomic E-state index is -1.15. The lowest BCUT2D eigenvalue weighted by Gasteiger charge is -2.62. The van der Waals surface area contributed by atoms with E-state index in [0.29, 0.717) is 24.7 Å². The monoisotopic (exact) mass is 416 g/mol. The van der Waals surface area contributed by atoms with E-state index in [1.807, 2.05) is 0 Å². The fourth-order valence-corrected chi connectivity index (χ4v) is 8.28. The van der Waals surface area contributed by atoms with Gasteiger partial charge in [0.05, 0.1) is 17.8 Å². The Morgan fingerprint density at radius 1 is 1.13 bits per heavy atom. The minimum Gasteiger partial charge on any atom is -0.393 e. The van der Waals surface area contributed by atoms with Crippen molar-refractivity contribution in [1.82, 2.24) is 0 Å². The largest absolute Gasteiger partial charge is 0.393 e. The van der Waals surface area contributed by atoms with E-state index in [4.69, 9.17) is 0 Å². The highest BCUT2D eigenvalue weighted by atomic mass is 16.3. The van der Waals surface area contributed by atoms with Crippen LogP contribution < -0.4 is 0 Å². The average Bonchev–Trinajstić information content (AvgIpc) is 3.01. The van der Waals surface area contributed by atoms with Crippen LogP contribution in [0.15, 0.2) is 22.8 Å². The van der Waals surface area contributed by atoms with Gasteiger partial charge in [0.15, 0.2) is 0 Å². The molecule has 0 amide bonds. The van der Waals surface area contributed by atoms with E-state index < -0.39 is 17.8 Å². The summed E-state index contributed by atoms with van der Waals surface area (Å²) in [5.41, 5.74) is 3.32. The first-order valence-corrected chi connectivity index (χ1v) is 12.5. The maximum atomic E-state index is 11.6. The van der Waals surface area contributed by atoms with E-state index in [1.54, 1.807) is 5.57 Å². The smallest absolute Gasteiger partial charge is 0.0991 e. The van der Waals surface area contributed by atoms with Gasteiger partial charge in [-0.2, -0.15) is 0 Å². The molecule has 170 valence electrons. The number of hydrogen-bond donors (Lipinski definition) is 3. The van der Waals surface area contributed by atoms with Crippen LogP contribution in [-0.4, -0.2) is 33.1 Å². The zero-order valence-electron chi connectivity index (χ0n) is 19.9. The zero-order valence-corrected chi connectivity index (χ0v) is 19.9. The number of aliphatic hydroxyl groups is 3. The lowest BCUT2D eigenvalue weighted by Crippen LogP contribution is -2.66. The van der Waals surface area contributed by atoms with Crippen LogP contribution in [0.4, 0.5) is 0 Å². The van der Waals surface area contributed by atoms with Gasteiger partial charge in [0.1, 0.15) is 0 Å². The molecule has 30 heavy (non-hydrogen) atoms. The van der Waals surface area contributed by atoms with Crippen LogP contribution in [0.1, 0.15) is 98.8 Å². The Morgan fingerprint density at radius 3 is 2.57 bits per heavy atom. The van der Waals surface area contributed by atoms with E-state index in [1.165, 1.54) is 43.3 Å². The van der Waals surface area contributed by atoms with Crippen LogP contribution in [0, 0.1) is 28.6 Å². The first kappa shape index (κ1) is 22.6. The van der Waals surface area contributed by atoms with Crippen LogP contribution in [0.25, 0.3) is 0 Å². The van der Waals surface area contributed by atoms with Crippen LogP contribution >= 0.6 is 0 Å². The van der Waals surface area contributed by atoms with Crippen molar-refractivity contribution >= 4 is 0 Å². The van der Waals surface area contributed by atoms with E-state index in [2.05, 4.69) is 40.7 Å². The standard InChI is InChI=1S/C27H44O3/c1-17(2)7-6-8-18(3)21-9-10-22-20-15-24(29)27(30)16-19(28)11-14-26(27,5)23(20)12-13-25(21,22)4/h7,18-19,21,23-24,28-30H,6,8-16H2,1-5H3. The Hall–Kier alpha value is -0.640. The highest BCUT2D eigenvalue weighted by Crippen LogP contribution is 2.66. The molecule has 3 N–H and O–H groups in total. The topological polar surface area (TPSA) is 60.7 Å². The first-order valence-electron chi connectivity index (χ1n) is 12.5. The van der Waals surface area contributed by atoms with Gasteiger partial charge in [-0.25, -0.2) is 0 Å². The van der Waals surface area contributed by atoms with Crippen molar-refractivity contribution in [3.63, 3.8) is 0 Å². The Morgan fingerprint density at radius 2 is 1.87 bits per heavy atom. The van der Waals surface area contributed by atoms with Gasteiger partial charge in [0, 0.05) is 11.8 Å². The Kier molecular flexibility index (Phi) is 5.82. The lowest BCUT2D eigenvalue weighted by atomic mass is 9.46. The highest BCUT2D eigenvalue weighted by Gasteiger charge is 2.64. The molecular formula is C27H44O3. The maximum absolute atomic E-state index is 11.6. The average molecular weight is 417 g/mol. The molecule has 0 aromatic rings. The Balaban J connectivity index is 1.63. The van der Waals surface area contributed by atoms with Crippen molar-refractivity contribution < 1.29 is 15.3 Å². The van der Waals surface area contributed by atoms with Gasteiger partial charge in [-0.15, -0.1) is 0 Å². The summed E-state index contributed by atoms with van der Waals surface area (Å²) in [7, 11) is 0. The molecule has 0 aromatic carbocycles. The van der Waals surface area contributed by atoms with Gasteiger partial charge in [-0.1, -0.05) is 43.6 Å². The van der Waals surface area contributed by atoms with Crippen molar-refractivity contribution in [2.24, 2.45) is 28.6 Å². The van der Waals surface area contributed by atoms with Crippen LogP contribution in [0.5, 0.6) is 0 Å². The third-order valence-electron chi connectivity index (χ3n) is 10.1. The third-order valence-corrected chi connectivity index (χ3v) is 10.1. The van der Waals surface area contributed by atoms with E-state index in [9.17, 15) is 15.3 Å². The molecule has 3 nitrogen and oxygen atoms in total. The highest BCUT2D eigenvalue weighted by molar-refractivity contribution is 5.37. The van der Waals surface area contributed by atoms with Crippen LogP contribution in [0.3, 0.4) is 0 Å². The van der Waals surface area contributed by atoms with Gasteiger partial charge in [0.25, 0.3) is 0 Å². The number of aliphatic hydroxyl groups excluding tert-OH is 2. The molecule has 0 heterocycles. The van der Waals surface area contributed by atoms with Gasteiger partial charge < -0.3 is 15.3 Å². The zero-order chi connectivity index (χ0) is 21.9. The molecule has 4 rings (SSSR count). The van der Waals surface area contributed by atoms with Crippen molar-refractivity contribution in [2.75, 3.05) is 0 Å². The fourth-order valence-electron chi connectivity index (χ4n) is 8.28. The number of rotatable bonds is 4. The van der Waals surface area contributed by atoms with E-state index >= 15 is 0 Å². The molecule has 0 saturated heterocycles. The lowest BCUT2D eigenvalue weighted by molar-refractivity contribution is -0.225. The minimum absolute atomic E-state index is 0.260. The summed E-state index contributed by atoms with van der Waals surface area (Å²) in [6.07, 6.45) is 10.8. The fraction of sp³-hybridized carbons (Fsp3) is 0.852. The summed E-state index contributed by atoms with van der Waals surface area (Å²) in [6.45, 7) is 11.5. The van der Waals surface area contributed by atoms with Crippen LogP contribution in [-0.2, 0) is 0 Å². The van der Waals surface area contributed by atoms with E-state index in [0.717, 1.165) is 25.2 Å². The predicted octanol–water partition coefficient (Wildman–Crippen LogP) is 5.54. The second kappa shape index (κ2) is 7.74. The van der Waals surface area contributed by atoms with Gasteiger partial charge >= 0.3 is 0 Å². The molecule has 0 radical (unpaired) electrons. The van der Waals surface area contributed by atoms with Crippen LogP contribution in [0.2, 0.25) is 0 Å². The normalized spacial score (nSPS) is 46.7. The van der Waals surface area contributed by atoms with E-state index in [-0.39, 0.29) is 10.8 Å². The van der Waals surface area contributed by atoms with Crippen molar-refractivity contribution in [1.29, 1.82) is 0 Å². The summed E-state index contributed by atoms with van der Waals surface area (Å²) < 4.78 is 0. The second-order valence-electron chi connectivity index (χ2n) is 12.0. The SMILES string of the molecule is CC(C)=CCCC(C)C1CCC2=C3CC(O)C4(O)CC(O)CCC4(C)C3CCC21C. The van der Waals surface area contributed by atoms with Gasteiger partial charge in [-0.05, 0) is 94.8 Å². The third kappa shape index (κ3) is 3.26. The number of allylic oxidation sites excluding steroid dienone is 3. The van der Waals surface area contributed by atoms with Crippen molar-refractivity contribution in [3.05, 3.63) is 22.8 Å². The molecule has 8 atom stereocenters. The molecule has 4 aliphatic carbocycles. The summed E-state index contributed by atoms with van der Waals surface area (Å²) in [5, 5.41) is 33.0. The first-order chi connectivity index (χ1) is 14.0. The molecule has 0 aromatic heterocycles. The molecule has 3 saturated carbocycles. The molecule has 4 aliphatic rings. The number of hydrogen-bond acceptors (Lipinski definition) is 3. The summed E-state index contributed by atoms with van der Waals surface area (Å²) in [5.74, 6) is 1.80. The Labute approximate surface area is 183 Å². The Bertz CT molecular complexity index is 734. The van der Waals surface area contributed by atoms with Crippen molar-refractivity contribution in [2.45, 2.75) is 117 Å². The molecule has 3 heteroatoms. The van der Waals surface area contributed by atoms with Gasteiger partial charge in [0.2, 0.25) is 0 Å². The number of fused-ring (bicyclic) bond motifs is 4. The predicted molar refractivity (Wildman–Crippen MR) is 122 cm³/mol. The van der Waals surface area contributed by atoms with Crippen molar-refractivity contribution in [3.8, 4) is 0 Å². The molecule has 0 bridgehead atoms. The molecule has 0 spiro atoms.